The monoisotopic (exact) mass is 300 g/mol. The molecule has 1 rings (SSSR count). The lowest BCUT2D eigenvalue weighted by atomic mass is 10.1. The Labute approximate surface area is 97.4 Å². The van der Waals surface area contributed by atoms with Crippen LogP contribution in [0.25, 0.3) is 0 Å². The number of hydrogen-bond acceptors (Lipinski definition) is 2. The summed E-state index contributed by atoms with van der Waals surface area (Å²) in [5.41, 5.74) is 0. The maximum atomic E-state index is 11.8. The van der Waals surface area contributed by atoms with E-state index in [-0.39, 0.29) is 12.2 Å². The topological polar surface area (TPSA) is 17.1 Å². The summed E-state index contributed by atoms with van der Waals surface area (Å²) in [5, 5.41) is 0. The number of carbonyl (C=O) groups is 1. The zero-order valence-electron chi connectivity index (χ0n) is 7.60. The minimum atomic E-state index is -4.24. The molecule has 0 aliphatic heterocycles. The van der Waals surface area contributed by atoms with Gasteiger partial charge in [-0.15, -0.1) is 11.3 Å². The summed E-state index contributed by atoms with van der Waals surface area (Å²) >= 11 is 4.58. The van der Waals surface area contributed by atoms with E-state index in [0.29, 0.717) is 0 Å². The molecule has 0 amide bonds. The van der Waals surface area contributed by atoms with Crippen LogP contribution in [0.4, 0.5) is 13.2 Å². The second kappa shape index (κ2) is 5.12. The molecule has 1 nitrogen and oxygen atoms in total. The van der Waals surface area contributed by atoms with Gasteiger partial charge in [0.05, 0.1) is 10.2 Å². The van der Waals surface area contributed by atoms with Gasteiger partial charge in [0.15, 0.2) is 0 Å². The van der Waals surface area contributed by atoms with E-state index in [1.165, 1.54) is 11.3 Å². The number of alkyl halides is 3. The van der Waals surface area contributed by atoms with Crippen molar-refractivity contribution in [1.29, 1.82) is 0 Å². The van der Waals surface area contributed by atoms with Gasteiger partial charge in [-0.25, -0.2) is 0 Å². The number of carbonyl (C=O) groups excluding carboxylic acids is 1. The molecule has 15 heavy (non-hydrogen) atoms. The zero-order valence-corrected chi connectivity index (χ0v) is 10.0. The highest BCUT2D eigenvalue weighted by Crippen LogP contribution is 2.25. The number of ketones is 1. The highest BCUT2D eigenvalue weighted by molar-refractivity contribution is 9.11. The Hall–Kier alpha value is -0.360. The third kappa shape index (κ3) is 5.32. The largest absolute Gasteiger partial charge is 0.389 e. The number of thiophene rings is 1. The van der Waals surface area contributed by atoms with E-state index >= 15 is 0 Å². The molecule has 1 heterocycles. The van der Waals surface area contributed by atoms with Gasteiger partial charge < -0.3 is 0 Å². The van der Waals surface area contributed by atoms with Crippen LogP contribution in [0.2, 0.25) is 0 Å². The van der Waals surface area contributed by atoms with E-state index in [2.05, 4.69) is 15.9 Å². The maximum Gasteiger partial charge on any atom is 0.389 e. The first-order valence-corrected chi connectivity index (χ1v) is 5.80. The summed E-state index contributed by atoms with van der Waals surface area (Å²) in [6.07, 6.45) is -5.62. The van der Waals surface area contributed by atoms with Crippen molar-refractivity contribution in [2.24, 2.45) is 0 Å². The van der Waals surface area contributed by atoms with Crippen molar-refractivity contribution in [1.82, 2.24) is 0 Å². The molecule has 0 aliphatic rings. The molecule has 0 bridgehead atoms. The molecule has 0 unspecified atom stereocenters. The molecule has 0 N–H and O–H groups in total. The van der Waals surface area contributed by atoms with Crippen LogP contribution in [0, 0.1) is 0 Å². The number of rotatable bonds is 4. The second-order valence-corrected chi connectivity index (χ2v) is 5.58. The van der Waals surface area contributed by atoms with E-state index in [9.17, 15) is 18.0 Å². The minimum absolute atomic E-state index is 0.0896. The van der Waals surface area contributed by atoms with Crippen molar-refractivity contribution >= 4 is 33.0 Å². The summed E-state index contributed by atoms with van der Waals surface area (Å²) in [4.78, 5) is 11.9. The van der Waals surface area contributed by atoms with Crippen LogP contribution >= 0.6 is 27.3 Å². The Bertz CT molecular complexity index is 345. The standard InChI is InChI=1S/C9H8BrF3OS/c10-8-2-1-7(15-8)5-6(14)3-4-9(11,12)13/h1-2H,3-5H2. The summed E-state index contributed by atoms with van der Waals surface area (Å²) in [6, 6.07) is 3.51. The third-order valence-electron chi connectivity index (χ3n) is 1.69. The van der Waals surface area contributed by atoms with Crippen molar-refractivity contribution in [2.45, 2.75) is 25.4 Å². The predicted octanol–water partition coefficient (Wildman–Crippen LogP) is 3.96. The first-order chi connectivity index (χ1) is 6.87. The zero-order chi connectivity index (χ0) is 11.5. The van der Waals surface area contributed by atoms with E-state index in [0.717, 1.165) is 8.66 Å². The number of Topliss-reactive ketones (excluding diaryl/α,β-unsaturated/α-hetero) is 1. The van der Waals surface area contributed by atoms with Gasteiger partial charge in [-0.1, -0.05) is 0 Å². The van der Waals surface area contributed by atoms with Crippen LogP contribution in [0.15, 0.2) is 15.9 Å². The van der Waals surface area contributed by atoms with Gasteiger partial charge in [0.25, 0.3) is 0 Å². The Morgan fingerprint density at radius 3 is 2.53 bits per heavy atom. The van der Waals surface area contributed by atoms with Crippen molar-refractivity contribution in [3.05, 3.63) is 20.8 Å². The van der Waals surface area contributed by atoms with Crippen molar-refractivity contribution in [3.63, 3.8) is 0 Å². The maximum absolute atomic E-state index is 11.8. The Morgan fingerprint density at radius 2 is 2.07 bits per heavy atom. The fraction of sp³-hybridized carbons (Fsp3) is 0.444. The van der Waals surface area contributed by atoms with E-state index in [4.69, 9.17) is 0 Å². The molecule has 84 valence electrons. The average Bonchev–Trinajstić information content (AvgIpc) is 2.47. The summed E-state index contributed by atoms with van der Waals surface area (Å²) in [6.45, 7) is 0. The van der Waals surface area contributed by atoms with Crippen molar-refractivity contribution < 1.29 is 18.0 Å². The first-order valence-electron chi connectivity index (χ1n) is 4.19. The predicted molar refractivity (Wildman–Crippen MR) is 56.0 cm³/mol. The van der Waals surface area contributed by atoms with Gasteiger partial charge in [0, 0.05) is 17.7 Å². The van der Waals surface area contributed by atoms with Gasteiger partial charge in [0.1, 0.15) is 5.78 Å². The highest BCUT2D eigenvalue weighted by atomic mass is 79.9. The molecule has 0 fully saturated rings. The third-order valence-corrected chi connectivity index (χ3v) is 3.31. The van der Waals surface area contributed by atoms with E-state index in [1.54, 1.807) is 12.1 Å². The highest BCUT2D eigenvalue weighted by Gasteiger charge is 2.27. The molecular formula is C9H8BrF3OS. The molecular weight excluding hydrogens is 293 g/mol. The lowest BCUT2D eigenvalue weighted by Gasteiger charge is -2.04. The van der Waals surface area contributed by atoms with Gasteiger partial charge in [-0.2, -0.15) is 13.2 Å². The molecule has 0 radical (unpaired) electrons. The molecule has 6 heteroatoms. The Balaban J connectivity index is 2.37. The fourth-order valence-electron chi connectivity index (χ4n) is 1.01. The second-order valence-electron chi connectivity index (χ2n) is 3.04. The SMILES string of the molecule is O=C(CCC(F)(F)F)Cc1ccc(Br)s1. The fourth-order valence-corrected chi connectivity index (χ4v) is 2.52. The summed E-state index contributed by atoms with van der Waals surface area (Å²) in [5.74, 6) is -0.373. The lowest BCUT2D eigenvalue weighted by Crippen LogP contribution is -2.11. The van der Waals surface area contributed by atoms with Crippen LogP contribution in [0.1, 0.15) is 17.7 Å². The molecule has 0 saturated carbocycles. The lowest BCUT2D eigenvalue weighted by molar-refractivity contribution is -0.142. The quantitative estimate of drug-likeness (QED) is 0.822. The minimum Gasteiger partial charge on any atom is -0.299 e. The Kier molecular flexibility index (Phi) is 4.33. The van der Waals surface area contributed by atoms with Crippen LogP contribution < -0.4 is 0 Å². The first kappa shape index (κ1) is 12.7. The van der Waals surface area contributed by atoms with Gasteiger partial charge in [0.2, 0.25) is 0 Å². The van der Waals surface area contributed by atoms with Crippen LogP contribution in [-0.4, -0.2) is 12.0 Å². The van der Waals surface area contributed by atoms with Crippen LogP contribution in [0.5, 0.6) is 0 Å². The smallest absolute Gasteiger partial charge is 0.299 e. The number of hydrogen-bond donors (Lipinski definition) is 0. The summed E-state index contributed by atoms with van der Waals surface area (Å²) in [7, 11) is 0. The van der Waals surface area contributed by atoms with E-state index < -0.39 is 19.0 Å². The number of halogens is 4. The van der Waals surface area contributed by atoms with Gasteiger partial charge in [-0.3, -0.25) is 4.79 Å². The van der Waals surface area contributed by atoms with Crippen LogP contribution in [-0.2, 0) is 11.2 Å². The van der Waals surface area contributed by atoms with E-state index in [1.807, 2.05) is 0 Å². The average molecular weight is 301 g/mol. The molecule has 0 saturated heterocycles. The molecule has 1 aromatic heterocycles. The van der Waals surface area contributed by atoms with Crippen molar-refractivity contribution in [2.75, 3.05) is 0 Å². The molecule has 0 aliphatic carbocycles. The Morgan fingerprint density at radius 1 is 1.40 bits per heavy atom. The van der Waals surface area contributed by atoms with Gasteiger partial charge in [-0.05, 0) is 28.1 Å². The molecule has 1 aromatic rings. The molecule has 0 spiro atoms. The molecule has 0 aromatic carbocycles. The molecule has 0 atom stereocenters. The van der Waals surface area contributed by atoms with Gasteiger partial charge >= 0.3 is 6.18 Å². The normalized spacial score (nSPS) is 11.7. The summed E-state index contributed by atoms with van der Waals surface area (Å²) < 4.78 is 36.3. The van der Waals surface area contributed by atoms with Crippen molar-refractivity contribution in [3.8, 4) is 0 Å². The van der Waals surface area contributed by atoms with Crippen LogP contribution in [0.3, 0.4) is 0 Å².